The number of amides is 1. The van der Waals surface area contributed by atoms with Crippen molar-refractivity contribution in [3.63, 3.8) is 0 Å². The number of carbonyl (C=O) groups is 1. The van der Waals surface area contributed by atoms with Gasteiger partial charge in [0, 0.05) is 25.2 Å². The highest BCUT2D eigenvalue weighted by Gasteiger charge is 2.25. The van der Waals surface area contributed by atoms with Crippen molar-refractivity contribution in [2.75, 3.05) is 19.7 Å². The third-order valence-corrected chi connectivity index (χ3v) is 4.99. The molecule has 0 spiro atoms. The van der Waals surface area contributed by atoms with Crippen LogP contribution in [-0.2, 0) is 0 Å². The number of pyridine rings is 1. The van der Waals surface area contributed by atoms with Crippen LogP contribution in [0.3, 0.4) is 0 Å². The monoisotopic (exact) mass is 377 g/mol. The van der Waals surface area contributed by atoms with Gasteiger partial charge in [-0.2, -0.15) is 0 Å². The molecule has 1 aliphatic rings. The lowest BCUT2D eigenvalue weighted by atomic mass is 9.98. The molecule has 1 amide bonds. The highest BCUT2D eigenvalue weighted by atomic mass is 16.5. The normalized spacial score (nSPS) is 16.8. The summed E-state index contributed by atoms with van der Waals surface area (Å²) in [5, 5.41) is 7.53. The standard InChI is InChI=1S/C21H23N5O2/c1-16-4-7-19(8-5-16)28-13-17-3-2-10-25(12-17)21(27)18-6-9-20(22-11-18)26-14-23-24-15-26/h4-9,11,14-15,17H,2-3,10,12-13H2,1H3/t17-/m0/s1. The van der Waals surface area contributed by atoms with Crippen molar-refractivity contribution in [2.24, 2.45) is 5.92 Å². The van der Waals surface area contributed by atoms with Gasteiger partial charge in [0.05, 0.1) is 12.2 Å². The Hall–Kier alpha value is -3.22. The number of aryl methyl sites for hydroxylation is 1. The number of aromatic nitrogens is 4. The number of carbonyl (C=O) groups excluding carboxylic acids is 1. The van der Waals surface area contributed by atoms with Crippen LogP contribution in [0.5, 0.6) is 5.75 Å². The van der Waals surface area contributed by atoms with Gasteiger partial charge in [-0.1, -0.05) is 17.7 Å². The van der Waals surface area contributed by atoms with Crippen molar-refractivity contribution in [2.45, 2.75) is 19.8 Å². The number of piperidine rings is 1. The zero-order chi connectivity index (χ0) is 19.3. The molecule has 28 heavy (non-hydrogen) atoms. The molecule has 1 aromatic carbocycles. The van der Waals surface area contributed by atoms with E-state index in [0.717, 1.165) is 25.1 Å². The lowest BCUT2D eigenvalue weighted by molar-refractivity contribution is 0.0633. The van der Waals surface area contributed by atoms with E-state index in [1.54, 1.807) is 35.6 Å². The van der Waals surface area contributed by atoms with E-state index in [0.29, 0.717) is 30.5 Å². The summed E-state index contributed by atoms with van der Waals surface area (Å²) in [6, 6.07) is 11.7. The minimum Gasteiger partial charge on any atom is -0.493 e. The number of hydrogen-bond donors (Lipinski definition) is 0. The second kappa shape index (κ2) is 8.21. The molecule has 1 aliphatic heterocycles. The smallest absolute Gasteiger partial charge is 0.255 e. The van der Waals surface area contributed by atoms with Crippen LogP contribution in [-0.4, -0.2) is 50.3 Å². The second-order valence-corrected chi connectivity index (χ2v) is 7.16. The fourth-order valence-electron chi connectivity index (χ4n) is 3.40. The van der Waals surface area contributed by atoms with E-state index in [1.807, 2.05) is 29.2 Å². The number of rotatable bonds is 5. The summed E-state index contributed by atoms with van der Waals surface area (Å²) in [5.74, 6) is 1.92. The van der Waals surface area contributed by atoms with Crippen LogP contribution in [0, 0.1) is 12.8 Å². The average molecular weight is 377 g/mol. The fourth-order valence-corrected chi connectivity index (χ4v) is 3.40. The van der Waals surface area contributed by atoms with Crippen LogP contribution in [0.2, 0.25) is 0 Å². The maximum atomic E-state index is 12.9. The van der Waals surface area contributed by atoms with Crippen LogP contribution in [0.15, 0.2) is 55.2 Å². The van der Waals surface area contributed by atoms with Gasteiger partial charge >= 0.3 is 0 Å². The Morgan fingerprint density at radius 1 is 1.14 bits per heavy atom. The van der Waals surface area contributed by atoms with Crippen LogP contribution in [0.1, 0.15) is 28.8 Å². The van der Waals surface area contributed by atoms with Gasteiger partial charge in [0.1, 0.15) is 24.2 Å². The molecule has 1 saturated heterocycles. The van der Waals surface area contributed by atoms with Crippen molar-refractivity contribution in [1.82, 2.24) is 24.6 Å². The molecule has 7 heteroatoms. The van der Waals surface area contributed by atoms with E-state index < -0.39 is 0 Å². The summed E-state index contributed by atoms with van der Waals surface area (Å²) in [4.78, 5) is 19.1. The number of nitrogens with zero attached hydrogens (tertiary/aromatic N) is 5. The molecule has 3 aromatic rings. The van der Waals surface area contributed by atoms with Crippen LogP contribution >= 0.6 is 0 Å². The molecule has 1 fully saturated rings. The molecule has 1 atom stereocenters. The fraction of sp³-hybridized carbons (Fsp3) is 0.333. The first-order valence-electron chi connectivity index (χ1n) is 9.49. The highest BCUT2D eigenvalue weighted by Crippen LogP contribution is 2.21. The van der Waals surface area contributed by atoms with E-state index in [9.17, 15) is 4.79 Å². The topological polar surface area (TPSA) is 73.1 Å². The summed E-state index contributed by atoms with van der Waals surface area (Å²) < 4.78 is 7.63. The molecule has 4 rings (SSSR count). The first-order chi connectivity index (χ1) is 13.7. The highest BCUT2D eigenvalue weighted by molar-refractivity contribution is 5.94. The Morgan fingerprint density at radius 3 is 2.64 bits per heavy atom. The van der Waals surface area contributed by atoms with Crippen LogP contribution < -0.4 is 4.74 Å². The van der Waals surface area contributed by atoms with Gasteiger partial charge in [-0.3, -0.25) is 9.36 Å². The largest absolute Gasteiger partial charge is 0.493 e. The lowest BCUT2D eigenvalue weighted by Gasteiger charge is -2.32. The first-order valence-corrected chi connectivity index (χ1v) is 9.49. The minimum absolute atomic E-state index is 0.0165. The molecule has 144 valence electrons. The molecular weight excluding hydrogens is 354 g/mol. The van der Waals surface area contributed by atoms with E-state index in [2.05, 4.69) is 22.1 Å². The molecule has 0 N–H and O–H groups in total. The van der Waals surface area contributed by atoms with Gasteiger partial charge in [0.2, 0.25) is 0 Å². The zero-order valence-corrected chi connectivity index (χ0v) is 15.9. The SMILES string of the molecule is Cc1ccc(OC[C@H]2CCCN(C(=O)c3ccc(-n4cnnc4)nc3)C2)cc1. The van der Waals surface area contributed by atoms with Gasteiger partial charge in [-0.25, -0.2) is 4.98 Å². The lowest BCUT2D eigenvalue weighted by Crippen LogP contribution is -2.41. The summed E-state index contributed by atoms with van der Waals surface area (Å²) in [6.07, 6.45) is 6.82. The third-order valence-electron chi connectivity index (χ3n) is 4.99. The van der Waals surface area contributed by atoms with Gasteiger partial charge in [-0.15, -0.1) is 10.2 Å². The molecule has 0 bridgehead atoms. The summed E-state index contributed by atoms with van der Waals surface area (Å²) >= 11 is 0. The van der Waals surface area contributed by atoms with Crippen molar-refractivity contribution >= 4 is 5.91 Å². The number of benzene rings is 1. The maximum Gasteiger partial charge on any atom is 0.255 e. The Kier molecular flexibility index (Phi) is 5.32. The van der Waals surface area contributed by atoms with Crippen molar-refractivity contribution in [3.8, 4) is 11.6 Å². The van der Waals surface area contributed by atoms with E-state index >= 15 is 0 Å². The van der Waals surface area contributed by atoms with E-state index in [4.69, 9.17) is 4.74 Å². The quantitative estimate of drug-likeness (QED) is 0.684. The number of hydrogen-bond acceptors (Lipinski definition) is 5. The van der Waals surface area contributed by atoms with Gasteiger partial charge in [0.15, 0.2) is 0 Å². The molecule has 7 nitrogen and oxygen atoms in total. The van der Waals surface area contributed by atoms with Gasteiger partial charge in [0.25, 0.3) is 5.91 Å². The second-order valence-electron chi connectivity index (χ2n) is 7.16. The average Bonchev–Trinajstić information content (AvgIpc) is 3.28. The van der Waals surface area contributed by atoms with Crippen LogP contribution in [0.25, 0.3) is 5.82 Å². The molecule has 0 unspecified atom stereocenters. The van der Waals surface area contributed by atoms with E-state index in [1.165, 1.54) is 5.56 Å². The Bertz CT molecular complexity index is 907. The summed E-state index contributed by atoms with van der Waals surface area (Å²) in [6.45, 7) is 4.16. The molecule has 0 aliphatic carbocycles. The molecule has 0 saturated carbocycles. The van der Waals surface area contributed by atoms with Crippen molar-refractivity contribution in [3.05, 3.63) is 66.4 Å². The van der Waals surface area contributed by atoms with Crippen molar-refractivity contribution < 1.29 is 9.53 Å². The Balaban J connectivity index is 1.35. The predicted octanol–water partition coefficient (Wildman–Crippen LogP) is 2.90. The molecule has 2 aromatic heterocycles. The Morgan fingerprint density at radius 2 is 1.93 bits per heavy atom. The molecular formula is C21H23N5O2. The van der Waals surface area contributed by atoms with Gasteiger partial charge in [-0.05, 0) is 44.0 Å². The van der Waals surface area contributed by atoms with E-state index in [-0.39, 0.29) is 5.91 Å². The number of ether oxygens (including phenoxy) is 1. The van der Waals surface area contributed by atoms with Gasteiger partial charge < -0.3 is 9.64 Å². The third kappa shape index (κ3) is 4.19. The Labute approximate surface area is 164 Å². The first kappa shape index (κ1) is 18.2. The summed E-state index contributed by atoms with van der Waals surface area (Å²) in [5.41, 5.74) is 1.81. The zero-order valence-electron chi connectivity index (χ0n) is 15.9. The molecule has 0 radical (unpaired) electrons. The predicted molar refractivity (Wildman–Crippen MR) is 104 cm³/mol. The maximum absolute atomic E-state index is 12.9. The van der Waals surface area contributed by atoms with Crippen LogP contribution in [0.4, 0.5) is 0 Å². The molecule has 3 heterocycles. The van der Waals surface area contributed by atoms with Crippen molar-refractivity contribution in [1.29, 1.82) is 0 Å². The minimum atomic E-state index is 0.0165. The number of likely N-dealkylation sites (tertiary alicyclic amines) is 1. The summed E-state index contributed by atoms with van der Waals surface area (Å²) in [7, 11) is 0.